The molecule has 0 fully saturated rings. The van der Waals surface area contributed by atoms with E-state index in [9.17, 15) is 13.6 Å². The average molecular weight is 381 g/mol. The molecule has 0 saturated carbocycles. The Morgan fingerprint density at radius 1 is 1.11 bits per heavy atom. The molecule has 0 aliphatic rings. The van der Waals surface area contributed by atoms with Crippen molar-refractivity contribution in [1.29, 1.82) is 0 Å². The van der Waals surface area contributed by atoms with Crippen LogP contribution in [0.25, 0.3) is 10.9 Å². The molecule has 2 aromatic heterocycles. The van der Waals surface area contributed by atoms with Gasteiger partial charge in [-0.05, 0) is 47.9 Å². The Kier molecular flexibility index (Phi) is 4.89. The molecule has 2 heterocycles. The van der Waals surface area contributed by atoms with Crippen LogP contribution in [-0.4, -0.2) is 22.6 Å². The highest BCUT2D eigenvalue weighted by atomic mass is 19.1. The molecule has 0 saturated heterocycles. The summed E-state index contributed by atoms with van der Waals surface area (Å²) in [6.07, 6.45) is 2.70. The van der Waals surface area contributed by atoms with E-state index in [0.29, 0.717) is 25.1 Å². The highest BCUT2D eigenvalue weighted by molar-refractivity contribution is 5.92. The van der Waals surface area contributed by atoms with Gasteiger partial charge in [-0.25, -0.2) is 8.78 Å². The minimum Gasteiger partial charge on any atom is -0.361 e. The largest absolute Gasteiger partial charge is 0.361 e. The number of fused-ring (bicyclic) bond motifs is 1. The third-order valence-electron chi connectivity index (χ3n) is 4.47. The number of aromatic nitrogens is 2. The number of benzene rings is 2. The first-order valence-electron chi connectivity index (χ1n) is 8.82. The van der Waals surface area contributed by atoms with Gasteiger partial charge in [0.1, 0.15) is 17.4 Å². The Balaban J connectivity index is 1.35. The first kappa shape index (κ1) is 17.9. The van der Waals surface area contributed by atoms with Crippen LogP contribution in [0.5, 0.6) is 0 Å². The molecule has 5 nitrogen and oxygen atoms in total. The van der Waals surface area contributed by atoms with Gasteiger partial charge < -0.3 is 14.8 Å². The summed E-state index contributed by atoms with van der Waals surface area (Å²) in [5.41, 5.74) is 2.66. The van der Waals surface area contributed by atoms with Gasteiger partial charge in [-0.1, -0.05) is 17.3 Å². The number of hydrogen-bond donors (Lipinski definition) is 2. The molecule has 0 radical (unpaired) electrons. The smallest absolute Gasteiger partial charge is 0.273 e. The third-order valence-corrected chi connectivity index (χ3v) is 4.47. The number of nitrogens with one attached hydrogen (secondary N) is 2. The number of aromatic amines is 1. The minimum atomic E-state index is -0.361. The SMILES string of the molecule is O=C(NCCc1c[nH]c2ccc(F)cc12)c1cc(Cc2cccc(F)c2)on1. The fourth-order valence-electron chi connectivity index (χ4n) is 3.11. The summed E-state index contributed by atoms with van der Waals surface area (Å²) in [5, 5.41) is 7.35. The Hall–Kier alpha value is -3.48. The van der Waals surface area contributed by atoms with Crippen molar-refractivity contribution in [2.24, 2.45) is 0 Å². The predicted octanol–water partition coefficient (Wildman–Crippen LogP) is 4.00. The first-order chi connectivity index (χ1) is 13.6. The molecule has 0 spiro atoms. The molecular weight excluding hydrogens is 364 g/mol. The highest BCUT2D eigenvalue weighted by Gasteiger charge is 2.13. The van der Waals surface area contributed by atoms with E-state index in [0.717, 1.165) is 22.0 Å². The second-order valence-electron chi connectivity index (χ2n) is 6.49. The zero-order valence-corrected chi connectivity index (χ0v) is 14.8. The van der Waals surface area contributed by atoms with Crippen molar-refractivity contribution in [2.75, 3.05) is 6.54 Å². The second-order valence-corrected chi connectivity index (χ2v) is 6.49. The van der Waals surface area contributed by atoms with E-state index < -0.39 is 0 Å². The molecular formula is C21H17F2N3O2. The average Bonchev–Trinajstić information content (AvgIpc) is 3.29. The van der Waals surface area contributed by atoms with Crippen molar-refractivity contribution in [2.45, 2.75) is 12.8 Å². The van der Waals surface area contributed by atoms with E-state index in [4.69, 9.17) is 4.52 Å². The Bertz CT molecular complexity index is 1130. The third kappa shape index (κ3) is 3.93. The van der Waals surface area contributed by atoms with Crippen LogP contribution >= 0.6 is 0 Å². The number of carbonyl (C=O) groups is 1. The number of nitrogens with zero attached hydrogens (tertiary/aromatic N) is 1. The van der Waals surface area contributed by atoms with Gasteiger partial charge in [-0.3, -0.25) is 4.79 Å². The Morgan fingerprint density at radius 3 is 2.82 bits per heavy atom. The standard InChI is InChI=1S/C21H17F2N3O2/c22-15-3-1-2-13(8-15)9-17-11-20(26-28-17)21(27)24-7-6-14-12-25-19-5-4-16(23)10-18(14)19/h1-5,8,10-12,25H,6-7,9H2,(H,24,27). The van der Waals surface area contributed by atoms with Gasteiger partial charge in [0.05, 0.1) is 0 Å². The lowest BCUT2D eigenvalue weighted by Crippen LogP contribution is -2.25. The molecule has 2 aromatic carbocycles. The number of hydrogen-bond acceptors (Lipinski definition) is 3. The Morgan fingerprint density at radius 2 is 1.96 bits per heavy atom. The molecule has 1 amide bonds. The van der Waals surface area contributed by atoms with Gasteiger partial charge >= 0.3 is 0 Å². The van der Waals surface area contributed by atoms with E-state index >= 15 is 0 Å². The minimum absolute atomic E-state index is 0.163. The summed E-state index contributed by atoms with van der Waals surface area (Å²) in [5.74, 6) is -0.513. The van der Waals surface area contributed by atoms with E-state index in [1.165, 1.54) is 24.3 Å². The number of H-pyrrole nitrogens is 1. The molecule has 0 aliphatic carbocycles. The predicted molar refractivity (Wildman–Crippen MR) is 100 cm³/mol. The van der Waals surface area contributed by atoms with Crippen LogP contribution in [0.1, 0.15) is 27.4 Å². The van der Waals surface area contributed by atoms with Crippen LogP contribution in [0.3, 0.4) is 0 Å². The van der Waals surface area contributed by atoms with Gasteiger partial charge in [0.2, 0.25) is 0 Å². The summed E-state index contributed by atoms with van der Waals surface area (Å²) < 4.78 is 31.8. The fraction of sp³-hybridized carbons (Fsp3) is 0.143. The number of amides is 1. The van der Waals surface area contributed by atoms with Gasteiger partial charge in [-0.15, -0.1) is 0 Å². The van der Waals surface area contributed by atoms with Crippen LogP contribution in [0.4, 0.5) is 8.78 Å². The number of halogens is 2. The normalized spacial score (nSPS) is 11.1. The summed E-state index contributed by atoms with van der Waals surface area (Å²) in [7, 11) is 0. The fourth-order valence-corrected chi connectivity index (χ4v) is 3.11. The number of rotatable bonds is 6. The van der Waals surface area contributed by atoms with Crippen molar-refractivity contribution < 1.29 is 18.1 Å². The first-order valence-corrected chi connectivity index (χ1v) is 8.82. The maximum atomic E-state index is 13.4. The summed E-state index contributed by atoms with van der Waals surface area (Å²) >= 11 is 0. The Labute approximate surface area is 159 Å². The second kappa shape index (κ2) is 7.64. The molecule has 0 aliphatic heterocycles. The summed E-state index contributed by atoms with van der Waals surface area (Å²) in [6.45, 7) is 0.369. The molecule has 142 valence electrons. The molecule has 4 rings (SSSR count). The summed E-state index contributed by atoms with van der Waals surface area (Å²) in [4.78, 5) is 15.3. The molecule has 0 unspecified atom stereocenters. The van der Waals surface area contributed by atoms with Crippen molar-refractivity contribution in [3.05, 3.63) is 88.9 Å². The van der Waals surface area contributed by atoms with Gasteiger partial charge in [0, 0.05) is 36.1 Å². The molecule has 2 N–H and O–H groups in total. The van der Waals surface area contributed by atoms with Crippen molar-refractivity contribution in [1.82, 2.24) is 15.5 Å². The quantitative estimate of drug-likeness (QED) is 0.530. The van der Waals surface area contributed by atoms with Crippen LogP contribution < -0.4 is 5.32 Å². The van der Waals surface area contributed by atoms with Crippen LogP contribution in [0.15, 0.2) is 59.3 Å². The van der Waals surface area contributed by atoms with Crippen LogP contribution in [0, 0.1) is 11.6 Å². The van der Waals surface area contributed by atoms with Gasteiger partial charge in [0.15, 0.2) is 5.69 Å². The van der Waals surface area contributed by atoms with E-state index in [1.807, 2.05) is 6.20 Å². The van der Waals surface area contributed by atoms with Crippen LogP contribution in [-0.2, 0) is 12.8 Å². The van der Waals surface area contributed by atoms with Crippen molar-refractivity contribution in [3.63, 3.8) is 0 Å². The molecule has 0 atom stereocenters. The topological polar surface area (TPSA) is 70.9 Å². The molecule has 28 heavy (non-hydrogen) atoms. The van der Waals surface area contributed by atoms with Gasteiger partial charge in [-0.2, -0.15) is 0 Å². The summed E-state index contributed by atoms with van der Waals surface area (Å²) in [6, 6.07) is 12.3. The maximum Gasteiger partial charge on any atom is 0.273 e. The molecule has 4 aromatic rings. The monoisotopic (exact) mass is 381 g/mol. The number of carbonyl (C=O) groups excluding carboxylic acids is 1. The van der Waals surface area contributed by atoms with E-state index in [2.05, 4.69) is 15.5 Å². The molecule has 0 bridgehead atoms. The van der Waals surface area contributed by atoms with Crippen molar-refractivity contribution in [3.8, 4) is 0 Å². The molecule has 7 heteroatoms. The lowest BCUT2D eigenvalue weighted by Gasteiger charge is -2.02. The zero-order valence-electron chi connectivity index (χ0n) is 14.8. The van der Waals surface area contributed by atoms with Crippen molar-refractivity contribution >= 4 is 16.8 Å². The van der Waals surface area contributed by atoms with E-state index in [1.54, 1.807) is 24.3 Å². The zero-order chi connectivity index (χ0) is 19.5. The lowest BCUT2D eigenvalue weighted by molar-refractivity contribution is 0.0945. The maximum absolute atomic E-state index is 13.4. The van der Waals surface area contributed by atoms with E-state index in [-0.39, 0.29) is 23.2 Å². The van der Waals surface area contributed by atoms with Crippen LogP contribution in [0.2, 0.25) is 0 Å². The lowest BCUT2D eigenvalue weighted by atomic mass is 10.1. The highest BCUT2D eigenvalue weighted by Crippen LogP contribution is 2.19. The van der Waals surface area contributed by atoms with Gasteiger partial charge in [0.25, 0.3) is 5.91 Å².